The van der Waals surface area contributed by atoms with Crippen LogP contribution in [0.15, 0.2) is 12.8 Å². The maximum atomic E-state index is 12.3. The zero-order chi connectivity index (χ0) is 10.7. The monoisotopic (exact) mass is 442 g/mol. The predicted molar refractivity (Wildman–Crippen MR) is 28.4 cm³/mol. The molecule has 0 aromatic carbocycles. The minimum absolute atomic E-state index is 0.0832. The van der Waals surface area contributed by atoms with Gasteiger partial charge in [0.05, 0.1) is 0 Å². The van der Waals surface area contributed by atoms with Crippen LogP contribution in [0.4, 0.5) is 26.3 Å². The van der Waals surface area contributed by atoms with E-state index in [4.69, 9.17) is 0 Å². The van der Waals surface area contributed by atoms with Crippen molar-refractivity contribution >= 4 is 6.93 Å². The molecule has 0 aromatic heterocycles. The van der Waals surface area contributed by atoms with Gasteiger partial charge in [-0.05, 0) is 0 Å². The molecular weight excluding hydrogens is 441 g/mol. The van der Waals surface area contributed by atoms with E-state index in [1.54, 1.807) is 0 Å². The molecular formula is C5H3CfF6O. The molecule has 1 nitrogen and oxygen atoms in total. The topological polar surface area (TPSA) is 9.23 Å². The molecule has 0 fully saturated rings. The number of hydrogen-bond donors (Lipinski definition) is 0. The third-order valence-corrected chi connectivity index (χ3v) is 2.79. The summed E-state index contributed by atoms with van der Waals surface area (Å²) in [6.07, 6.45) is -9.62. The van der Waals surface area contributed by atoms with Crippen molar-refractivity contribution < 1.29 is 31.1 Å². The average molecular weight is 444 g/mol. The molecule has 0 aliphatic rings. The minimum atomic E-state index is -4.91. The molecule has 0 rings (SSSR count). The van der Waals surface area contributed by atoms with Crippen molar-refractivity contribution in [2.75, 3.05) is 0 Å². The van der Waals surface area contributed by atoms with Crippen molar-refractivity contribution in [3.05, 3.63) is 12.8 Å². The van der Waals surface area contributed by atoms with E-state index in [1.165, 1.54) is 0 Å². The average Bonchev–Trinajstić information content (AvgIpc) is 1.82. The van der Waals surface area contributed by atoms with E-state index in [0.717, 1.165) is 0 Å². The first-order chi connectivity index (χ1) is 5.73. The molecule has 0 bridgehead atoms. The summed E-state index contributed by atoms with van der Waals surface area (Å²) in [5, 5.41) is 0. The molecule has 13 heavy (non-hydrogen) atoms. The molecule has 0 amide bonds. The Balaban J connectivity index is 4.79. The maximum absolute atomic E-state index is 12.3. The van der Waals surface area contributed by atoms with Gasteiger partial charge in [0.15, 0.2) is 0 Å². The Morgan fingerprint density at radius 2 is 1.69 bits per heavy atom. The van der Waals surface area contributed by atoms with Gasteiger partial charge in [0, 0.05) is 0 Å². The van der Waals surface area contributed by atoms with Gasteiger partial charge in [0.2, 0.25) is 0 Å². The Morgan fingerprint density at radius 3 is 2.00 bits per heavy atom. The van der Waals surface area contributed by atoms with Crippen molar-refractivity contribution in [3.8, 4) is 0 Å². The molecule has 0 saturated carbocycles. The molecule has 8 heteroatoms. The van der Waals surface area contributed by atoms with E-state index in [-0.39, 0.29) is 6.26 Å². The Labute approximate surface area is 64.6 Å². The van der Waals surface area contributed by atoms with Crippen LogP contribution in [0.1, 0.15) is 0 Å². The van der Waals surface area contributed by atoms with Crippen LogP contribution in [-0.4, -0.2) is 19.5 Å². The second-order valence-electron chi connectivity index (χ2n) is 1.53. The van der Waals surface area contributed by atoms with E-state index >= 15 is 0 Å². The van der Waals surface area contributed by atoms with Crippen LogP contribution >= 0.6 is 0 Å². The summed E-state index contributed by atoms with van der Waals surface area (Å²) in [6.45, 7) is -0.0211. The second kappa shape index (κ2) is 3.16. The SMILES string of the molecule is C=COC(F)(F)[C](F)(F)[Cf]=[C](F)F. The van der Waals surface area contributed by atoms with Gasteiger partial charge in [0.25, 0.3) is 0 Å². The molecule has 0 unspecified atom stereocenters. The van der Waals surface area contributed by atoms with Gasteiger partial charge < -0.3 is 0 Å². The first kappa shape index (κ1) is 11.0. The molecule has 0 spiro atoms. The van der Waals surface area contributed by atoms with Crippen molar-refractivity contribution in [1.29, 1.82) is 0 Å². The first-order valence-corrected chi connectivity index (χ1v) is 5.18. The van der Waals surface area contributed by atoms with Crippen LogP contribution in [0, 0.1) is 0 Å². The van der Waals surface area contributed by atoms with Crippen molar-refractivity contribution in [3.63, 3.8) is 0 Å². The fraction of sp³-hybridized carbons (Fsp3) is 0.400. The standard InChI is InChI=1S/C4H3F4O.CF2.Cf/c1-2-9-4(7,8)3(5)6;2-1-3;/h2H,1H2;;. The van der Waals surface area contributed by atoms with Crippen LogP contribution in [0.25, 0.3) is 0 Å². The Hall–Kier alpha value is -2.01. The zero-order valence-corrected chi connectivity index (χ0v) is 8.41. The predicted octanol–water partition coefficient (Wildman–Crippen LogP) is 2.44. The third kappa shape index (κ3) is 2.49. The van der Waals surface area contributed by atoms with E-state index in [2.05, 4.69) is 11.3 Å². The number of ether oxygens (including phenoxy) is 1. The zero-order valence-electron chi connectivity index (χ0n) is 5.78. The molecule has 81 valence electrons. The van der Waals surface area contributed by atoms with Crippen molar-refractivity contribution in [2.24, 2.45) is 0 Å². The third-order valence-electron chi connectivity index (χ3n) is 0.702. The Morgan fingerprint density at radius 1 is 1.23 bits per heavy atom. The van der Waals surface area contributed by atoms with Crippen molar-refractivity contribution in [2.45, 2.75) is 12.5 Å². The van der Waals surface area contributed by atoms with E-state index in [1.807, 2.05) is 0 Å². The molecule has 0 heterocycles. The molecule has 0 aliphatic carbocycles. The Kier molecular flexibility index (Phi) is 2.67. The summed E-state index contributed by atoms with van der Waals surface area (Å²) >= 11 is 0. The summed E-state index contributed by atoms with van der Waals surface area (Å²) in [5.74, 6) is 0. The Bertz CT molecular complexity index is 221. The van der Waals surface area contributed by atoms with Crippen LogP contribution in [0.3, 0.4) is 0 Å². The van der Waals surface area contributed by atoms with Gasteiger partial charge in [0.1, 0.15) is 0 Å². The second-order valence-corrected chi connectivity index (χ2v) is 4.84. The van der Waals surface area contributed by atoms with Crippen LogP contribution in [0.2, 0.25) is 0 Å². The summed E-state index contributed by atoms with van der Waals surface area (Å²) in [7, 11) is 0. The van der Waals surface area contributed by atoms with E-state index in [0.29, 0.717) is 0 Å². The van der Waals surface area contributed by atoms with Gasteiger partial charge >= 0.3 is 63.4 Å². The number of halogens is 6. The summed E-state index contributed by atoms with van der Waals surface area (Å²) < 4.78 is 71.2. The molecule has 0 radical (unpaired) electrons. The molecule has 0 N–H and O–H groups in total. The van der Waals surface area contributed by atoms with Gasteiger partial charge in [-0.15, -0.1) is 0 Å². The van der Waals surface area contributed by atoms with E-state index < -0.39 is 19.5 Å². The normalized spacial score (nSPS) is 11.8. The van der Waals surface area contributed by atoms with E-state index in [9.17, 15) is 26.3 Å². The summed E-state index contributed by atoms with van der Waals surface area (Å²) in [5.41, 5.74) is 0. The number of hydrogen-bond acceptors (Lipinski definition) is 1. The van der Waals surface area contributed by atoms with Gasteiger partial charge in [-0.25, -0.2) is 0 Å². The molecule has 0 aliphatic heterocycles. The number of rotatable bonds is 4. The van der Waals surface area contributed by atoms with Crippen molar-refractivity contribution in [1.82, 2.24) is 0 Å². The molecule has 0 atom stereocenters. The fourth-order valence-corrected chi connectivity index (χ4v) is 1.45. The first-order valence-electron chi connectivity index (χ1n) is 2.55. The van der Waals surface area contributed by atoms with Gasteiger partial charge in [-0.2, -0.15) is 0 Å². The van der Waals surface area contributed by atoms with Gasteiger partial charge in [-0.3, -0.25) is 0 Å². The van der Waals surface area contributed by atoms with Crippen LogP contribution in [0.5, 0.6) is 0 Å². The molecule has 0 saturated heterocycles. The van der Waals surface area contributed by atoms with Gasteiger partial charge in [-0.1, -0.05) is 0 Å². The number of alkyl halides is 4. The fourth-order valence-electron chi connectivity index (χ4n) is 0.289. The summed E-state index contributed by atoms with van der Waals surface area (Å²) in [4.78, 5) is 0. The molecule has 0 aromatic rings. The van der Waals surface area contributed by atoms with Crippen LogP contribution in [-0.2, 0) is 4.74 Å². The quantitative estimate of drug-likeness (QED) is 0.479. The van der Waals surface area contributed by atoms with Crippen LogP contribution < -0.4 is 0 Å². The summed E-state index contributed by atoms with van der Waals surface area (Å²) in [6, 6.07) is 0.